The van der Waals surface area contributed by atoms with Gasteiger partial charge in [-0.25, -0.2) is 0 Å². The zero-order valence-corrected chi connectivity index (χ0v) is 19.3. The average molecular weight is 405 g/mol. The van der Waals surface area contributed by atoms with E-state index in [1.165, 1.54) is 51.4 Å². The summed E-state index contributed by atoms with van der Waals surface area (Å²) in [6.45, 7) is 8.27. The molecule has 0 aromatic carbocycles. The van der Waals surface area contributed by atoms with Crippen LogP contribution in [0.5, 0.6) is 0 Å². The number of carbonyl (C=O) groups is 2. The fraction of sp³-hybridized carbons (Fsp3) is 0.920. The molecule has 5 fully saturated rings. The van der Waals surface area contributed by atoms with E-state index in [0.29, 0.717) is 42.8 Å². The van der Waals surface area contributed by atoms with E-state index in [1.54, 1.807) is 0 Å². The molecule has 4 saturated carbocycles. The number of hydrogen-bond donors (Lipinski definition) is 2. The van der Waals surface area contributed by atoms with Crippen molar-refractivity contribution in [2.45, 2.75) is 110 Å². The third-order valence-corrected chi connectivity index (χ3v) is 8.72. The van der Waals surface area contributed by atoms with Crippen LogP contribution in [-0.4, -0.2) is 17.4 Å². The second-order valence-electron chi connectivity index (χ2n) is 10.2. The molecule has 3 N–H and O–H groups in total. The third-order valence-electron chi connectivity index (χ3n) is 8.72. The molecule has 6 unspecified atom stereocenters. The molecular formula is C25H44N2O2. The van der Waals surface area contributed by atoms with Crippen molar-refractivity contribution in [2.75, 3.05) is 0 Å². The molecular weight excluding hydrogens is 360 g/mol. The van der Waals surface area contributed by atoms with Crippen LogP contribution in [0, 0.1) is 35.0 Å². The normalized spacial score (nSPS) is 44.4. The zero-order valence-electron chi connectivity index (χ0n) is 19.3. The molecule has 0 aromatic heterocycles. The maximum absolute atomic E-state index is 12.8. The standard InChI is InChI=1S/C20H32N2O2.C3H6.C2H6/c1-3-16(23)14-11-20(21)19(2,10-9-17(24)22-20)15-8-7-12-5-4-6-13(12)18(14)15;1-2-3-1;1-2/h12-15,18H,3-11,21H2,1-2H3,(H,22,24);1-3H2;1-2H3/t12?,13?,14?,15?,18?,19?,20-;;/m1../s1. The minimum atomic E-state index is -0.704. The molecule has 0 aromatic rings. The third kappa shape index (κ3) is 4.16. The van der Waals surface area contributed by atoms with Crippen LogP contribution in [0.1, 0.15) is 105 Å². The number of Topliss-reactive ketones (excluding diaryl/α,β-unsaturated/α-hetero) is 1. The van der Waals surface area contributed by atoms with Crippen LogP contribution in [0.3, 0.4) is 0 Å². The Kier molecular flexibility index (Phi) is 7.13. The summed E-state index contributed by atoms with van der Waals surface area (Å²) in [7, 11) is 0. The first-order chi connectivity index (χ1) is 13.9. The number of piperidine rings is 1. The Balaban J connectivity index is 0.000000430. The number of nitrogens with two attached hydrogens (primary N) is 1. The van der Waals surface area contributed by atoms with E-state index >= 15 is 0 Å². The summed E-state index contributed by atoms with van der Waals surface area (Å²) in [6, 6.07) is 0. The van der Waals surface area contributed by atoms with Crippen molar-refractivity contribution >= 4 is 11.7 Å². The van der Waals surface area contributed by atoms with Gasteiger partial charge in [-0.2, -0.15) is 0 Å². The average Bonchev–Trinajstić information content (AvgIpc) is 3.53. The minimum Gasteiger partial charge on any atom is -0.338 e. The molecule has 5 aliphatic rings. The predicted molar refractivity (Wildman–Crippen MR) is 118 cm³/mol. The van der Waals surface area contributed by atoms with Gasteiger partial charge in [-0.1, -0.05) is 59.8 Å². The second kappa shape index (κ2) is 9.08. The Morgan fingerprint density at radius 3 is 2.41 bits per heavy atom. The van der Waals surface area contributed by atoms with Crippen LogP contribution < -0.4 is 11.1 Å². The van der Waals surface area contributed by atoms with Gasteiger partial charge >= 0.3 is 0 Å². The van der Waals surface area contributed by atoms with E-state index in [2.05, 4.69) is 12.2 Å². The number of carbonyl (C=O) groups excluding carboxylic acids is 2. The lowest BCUT2D eigenvalue weighted by Crippen LogP contribution is -2.75. The van der Waals surface area contributed by atoms with Gasteiger partial charge in [0.1, 0.15) is 5.78 Å². The summed E-state index contributed by atoms with van der Waals surface area (Å²) in [6.07, 6.45) is 13.6. The van der Waals surface area contributed by atoms with Crippen LogP contribution >= 0.6 is 0 Å². The van der Waals surface area contributed by atoms with Crippen LogP contribution in [0.25, 0.3) is 0 Å². The monoisotopic (exact) mass is 404 g/mol. The maximum atomic E-state index is 12.8. The highest BCUT2D eigenvalue weighted by atomic mass is 16.2. The van der Waals surface area contributed by atoms with Crippen LogP contribution in [0.15, 0.2) is 0 Å². The Bertz CT molecular complexity index is 601. The van der Waals surface area contributed by atoms with Gasteiger partial charge in [-0.3, -0.25) is 9.59 Å². The molecule has 5 rings (SSSR count). The van der Waals surface area contributed by atoms with Gasteiger partial charge in [0.05, 0.1) is 5.66 Å². The van der Waals surface area contributed by atoms with Gasteiger partial charge in [0.2, 0.25) is 5.91 Å². The number of nitrogens with one attached hydrogen (secondary N) is 1. The highest BCUT2D eigenvalue weighted by Gasteiger charge is 2.64. The number of ketones is 1. The minimum absolute atomic E-state index is 0.0439. The molecule has 0 radical (unpaired) electrons. The Hall–Kier alpha value is -0.900. The van der Waals surface area contributed by atoms with Crippen LogP contribution in [-0.2, 0) is 9.59 Å². The van der Waals surface area contributed by atoms with Crippen LogP contribution in [0.4, 0.5) is 0 Å². The second-order valence-corrected chi connectivity index (χ2v) is 10.2. The molecule has 1 saturated heterocycles. The Morgan fingerprint density at radius 2 is 1.79 bits per heavy atom. The molecule has 4 aliphatic carbocycles. The molecule has 0 bridgehead atoms. The van der Waals surface area contributed by atoms with E-state index in [4.69, 9.17) is 5.73 Å². The smallest absolute Gasteiger partial charge is 0.221 e. The number of rotatable bonds is 2. The van der Waals surface area contributed by atoms with E-state index in [1.807, 2.05) is 20.8 Å². The van der Waals surface area contributed by atoms with Gasteiger partial charge in [0.25, 0.3) is 0 Å². The summed E-state index contributed by atoms with van der Waals surface area (Å²) >= 11 is 0. The van der Waals surface area contributed by atoms with E-state index in [-0.39, 0.29) is 17.2 Å². The lowest BCUT2D eigenvalue weighted by atomic mass is 9.45. The summed E-state index contributed by atoms with van der Waals surface area (Å²) in [5.74, 6) is 2.98. The van der Waals surface area contributed by atoms with Gasteiger partial charge in [-0.15, -0.1) is 0 Å². The van der Waals surface area contributed by atoms with Gasteiger partial charge in [0.15, 0.2) is 0 Å². The van der Waals surface area contributed by atoms with Crippen molar-refractivity contribution in [2.24, 2.45) is 40.7 Å². The Morgan fingerprint density at radius 1 is 1.10 bits per heavy atom. The lowest BCUT2D eigenvalue weighted by molar-refractivity contribution is -0.164. The van der Waals surface area contributed by atoms with Crippen molar-refractivity contribution in [1.82, 2.24) is 5.32 Å². The molecule has 4 heteroatoms. The quantitative estimate of drug-likeness (QED) is 0.665. The maximum Gasteiger partial charge on any atom is 0.221 e. The first-order valence-electron chi connectivity index (χ1n) is 12.5. The van der Waals surface area contributed by atoms with Gasteiger partial charge in [0, 0.05) is 24.2 Å². The topological polar surface area (TPSA) is 72.2 Å². The number of amides is 1. The molecule has 166 valence electrons. The fourth-order valence-corrected chi connectivity index (χ4v) is 7.06. The molecule has 0 spiro atoms. The lowest BCUT2D eigenvalue weighted by Gasteiger charge is -2.64. The Labute approximate surface area is 178 Å². The summed E-state index contributed by atoms with van der Waals surface area (Å²) in [4.78, 5) is 24.9. The summed E-state index contributed by atoms with van der Waals surface area (Å²) in [5, 5.41) is 3.12. The predicted octanol–water partition coefficient (Wildman–Crippen LogP) is 5.20. The van der Waals surface area contributed by atoms with Gasteiger partial charge < -0.3 is 11.1 Å². The number of fused-ring (bicyclic) bond motifs is 5. The molecule has 7 atom stereocenters. The summed E-state index contributed by atoms with van der Waals surface area (Å²) < 4.78 is 0. The highest BCUT2D eigenvalue weighted by Crippen LogP contribution is 2.63. The summed E-state index contributed by atoms with van der Waals surface area (Å²) in [5.41, 5.74) is 6.06. The molecule has 4 nitrogen and oxygen atoms in total. The highest BCUT2D eigenvalue weighted by molar-refractivity contribution is 5.82. The molecule has 1 heterocycles. The van der Waals surface area contributed by atoms with Gasteiger partial charge in [-0.05, 0) is 55.8 Å². The van der Waals surface area contributed by atoms with Crippen molar-refractivity contribution in [1.29, 1.82) is 0 Å². The van der Waals surface area contributed by atoms with Crippen molar-refractivity contribution in [3.63, 3.8) is 0 Å². The first-order valence-corrected chi connectivity index (χ1v) is 12.5. The first kappa shape index (κ1) is 22.8. The fourth-order valence-electron chi connectivity index (χ4n) is 7.06. The zero-order chi connectivity index (χ0) is 21.2. The SMILES string of the molecule is C1CC1.CC.CCC(=O)C1C[C@@]2(N)NC(=O)CCC2(C)C2CCC3CCCC3C12. The molecule has 1 amide bonds. The molecule has 1 aliphatic heterocycles. The van der Waals surface area contributed by atoms with E-state index in [0.717, 1.165) is 12.3 Å². The number of hydrogen-bond acceptors (Lipinski definition) is 3. The van der Waals surface area contributed by atoms with Crippen molar-refractivity contribution in [3.05, 3.63) is 0 Å². The van der Waals surface area contributed by atoms with Crippen LogP contribution in [0.2, 0.25) is 0 Å². The van der Waals surface area contributed by atoms with E-state index < -0.39 is 5.66 Å². The van der Waals surface area contributed by atoms with Crippen molar-refractivity contribution in [3.8, 4) is 0 Å². The van der Waals surface area contributed by atoms with E-state index in [9.17, 15) is 9.59 Å². The largest absolute Gasteiger partial charge is 0.338 e. The molecule has 29 heavy (non-hydrogen) atoms. The van der Waals surface area contributed by atoms with Crippen molar-refractivity contribution < 1.29 is 9.59 Å².